The maximum atomic E-state index is 13.2. The number of aliphatic hydroxyl groups excluding tert-OH is 7. The predicted molar refractivity (Wildman–Crippen MR) is 546 cm³/mol. The van der Waals surface area contributed by atoms with Crippen molar-refractivity contribution in [2.75, 3.05) is 7.11 Å². The molecule has 20 aliphatic carbocycles. The SMILES string of the molecule is CC(C)=CCC[C@@H](C)[C@@H]1CCC2C3=C(CC[C@@]21C)[C@@]1(C)CC[C@H](O)[C@@](C)(C(=O)[O-])[C@@H]1CC3.COC(=O)CC[C@@H](C(=O)[O-])[C@@H]1CCC2C3CC[C@H]4C[C@@H](O)CC[C@]4(C)C3CC[C@@]21C.C[C@H]([C@H](O)CCC(C)(O)C(=O)O)[C@H]1CC[C@@]2(O)C3=CC(=O)[C@@H]4C[C@@H](O)[C@@H](O)C[C@]4(C)C3CC[C@]12C.C[C@]12CCC3C(CC[C@@H]4CCCC[C@]34C)C1CC[C@@H]2C(=O)O.C[C@]12C[C@H](O)C3C(CC[C@@H]4C[C@@H](O)CC[C@]34C)C1CC[C@@H]2C(=O)C(=O)[O-]. The molecule has 23 nitrogen and oxygen atoms in total. The zero-order valence-corrected chi connectivity index (χ0v) is 91.6. The highest BCUT2D eigenvalue weighted by Gasteiger charge is 2.71. The van der Waals surface area contributed by atoms with Gasteiger partial charge in [0.2, 0.25) is 0 Å². The lowest BCUT2D eigenvalue weighted by Gasteiger charge is -2.62. The van der Waals surface area contributed by atoms with E-state index in [2.05, 4.69) is 75.3 Å². The number of carboxylic acid groups (broad SMARTS) is 5. The highest BCUT2D eigenvalue weighted by atomic mass is 16.5. The quantitative estimate of drug-likeness (QED) is 0.0325. The molecule has 11 N–H and O–H groups in total. The van der Waals surface area contributed by atoms with Crippen molar-refractivity contribution in [3.8, 4) is 0 Å². The van der Waals surface area contributed by atoms with Crippen LogP contribution in [-0.2, 0) is 43.1 Å². The van der Waals surface area contributed by atoms with Crippen LogP contribution in [0.25, 0.3) is 0 Å². The molecule has 0 spiro atoms. The number of carbonyl (C=O) groups excluding carboxylic acids is 6. The number of hydrogen-bond donors (Lipinski definition) is 11. The summed E-state index contributed by atoms with van der Waals surface area (Å²) in [7, 11) is 1.35. The Balaban J connectivity index is 0.000000131. The van der Waals surface area contributed by atoms with Crippen LogP contribution in [0.15, 0.2) is 34.4 Å². The Morgan fingerprint density at radius 2 is 1.08 bits per heavy atom. The van der Waals surface area contributed by atoms with E-state index in [1.165, 1.54) is 122 Å². The topological polar surface area (TPSA) is 438 Å². The van der Waals surface area contributed by atoms with Gasteiger partial charge in [0.05, 0.1) is 67.3 Å². The fraction of sp³-hybridized carbons (Fsp3) is 0.885. The summed E-state index contributed by atoms with van der Waals surface area (Å²) in [6, 6.07) is 0. The van der Waals surface area contributed by atoms with Gasteiger partial charge in [-0.3, -0.25) is 19.2 Å². The fourth-order valence-electron chi connectivity index (χ4n) is 41.8. The van der Waals surface area contributed by atoms with E-state index in [-0.39, 0.29) is 119 Å². The average Bonchev–Trinajstić information content (AvgIpc) is 1.61. The molecule has 20 aliphatic rings. The molecule has 0 aromatic carbocycles. The van der Waals surface area contributed by atoms with E-state index in [9.17, 15) is 110 Å². The van der Waals surface area contributed by atoms with Crippen LogP contribution in [0.2, 0.25) is 0 Å². The summed E-state index contributed by atoms with van der Waals surface area (Å²) in [5.74, 6) is 0.983. The van der Waals surface area contributed by atoms with Crippen molar-refractivity contribution >= 4 is 47.4 Å². The second-order valence-electron chi connectivity index (χ2n) is 56.2. The van der Waals surface area contributed by atoms with E-state index < -0.39 is 111 Å². The van der Waals surface area contributed by atoms with Gasteiger partial charge in [-0.1, -0.05) is 126 Å². The van der Waals surface area contributed by atoms with Gasteiger partial charge >= 0.3 is 17.9 Å². The number of carbonyl (C=O) groups is 8. The van der Waals surface area contributed by atoms with Gasteiger partial charge in [-0.2, -0.15) is 0 Å². The average molecular weight is 2020 g/mol. The Bertz CT molecular complexity index is 4850. The number of hydrogen-bond acceptors (Lipinski definition) is 21. The van der Waals surface area contributed by atoms with E-state index in [1.807, 2.05) is 27.7 Å². The standard InChI is InChI=1S/C29H46O3.C27H42O8.C25H40O5.C21H32O5.C20H32O2/c1-18(2)8-7-9-19(3)21-11-12-22-20-10-13-24-28(5,23(20)14-16-27(21,22)4)17-15-25(30)29(24,6)26(31)32;1-14(19(28)7-9-26(4,34)23(32)33)15-6-10-27(35)17-11-20(29)18-12-21(30)22(31)13-24(18,2)16(17)5-8-25(15,27)3;1-24-12-10-16(26)14-15(24)4-5-17-19-7-8-20(25(19,2)13-11-21(17)24)18(23(28)29)6-9-22(27)30-3;1-20-8-7-12(22)9-11(20)3-4-13-14-5-6-15(18(24)19(25)26)21(14,2)10-16(23)17(13)20;1-19-11-4-3-5-13(19)6-7-14-15-8-9-17(18(21)22)20(15,2)12-10-16(14)19/h8,19,21-22,24-25,30H,7,9-17H2,1-6H3,(H,31,32);11,14-16,18-19,21-22,28,30-31,34-35H,5-10,12-13H2,1-4H3,(H,32,33);15-21,26H,4-14H2,1-3H3,(H,28,29);11-17,22-23H,3-10H2,1-2H3,(H,25,26);13-17H,3-12H2,1-2H3,(H,21,22)/p-3/t19-,21+,22?,24-,25+,27-,28-,29+;14-,15+,16?,18-,19+,21+,22-,24+,25+,26?,27+;15-,16-,17?,18+,19?,20-,21?,24-,25-;11-,12+,13?,14?,15-,16+,17?,20+,21+;13-,14?,15?,16?,17+,19-,20-/m10010/s1. The first-order valence-electron chi connectivity index (χ1n) is 58.4. The second kappa shape index (κ2) is 41.7. The lowest BCUT2D eigenvalue weighted by atomic mass is 9.44. The van der Waals surface area contributed by atoms with Crippen molar-refractivity contribution in [2.24, 2.45) is 202 Å². The number of Topliss-reactive ketones (excluding diaryl/α,β-unsaturated/α-hetero) is 1. The summed E-state index contributed by atoms with van der Waals surface area (Å²) >= 11 is 0. The molecule has 0 amide bonds. The van der Waals surface area contributed by atoms with E-state index >= 15 is 0 Å². The van der Waals surface area contributed by atoms with E-state index in [0.717, 1.165) is 157 Å². The molecule has 0 bridgehead atoms. The number of ketones is 2. The van der Waals surface area contributed by atoms with Crippen molar-refractivity contribution in [1.29, 1.82) is 0 Å². The van der Waals surface area contributed by atoms with Gasteiger partial charge in [-0.25, -0.2) is 4.79 Å². The van der Waals surface area contributed by atoms with Crippen molar-refractivity contribution in [1.82, 2.24) is 0 Å². The maximum absolute atomic E-state index is 13.2. The summed E-state index contributed by atoms with van der Waals surface area (Å²) in [6.07, 6.45) is 43.8. The fourth-order valence-corrected chi connectivity index (χ4v) is 41.8. The van der Waals surface area contributed by atoms with Crippen molar-refractivity contribution in [3.63, 3.8) is 0 Å². The normalized spacial score (nSPS) is 48.4. The van der Waals surface area contributed by atoms with E-state index in [0.29, 0.717) is 121 Å². The van der Waals surface area contributed by atoms with Gasteiger partial charge in [0.15, 0.2) is 17.2 Å². The first-order valence-corrected chi connectivity index (χ1v) is 58.4. The summed E-state index contributed by atoms with van der Waals surface area (Å²) in [5, 5.41) is 150. The van der Waals surface area contributed by atoms with E-state index in [1.54, 1.807) is 24.1 Å². The minimum absolute atomic E-state index is 0.0212. The molecule has 23 heteroatoms. The maximum Gasteiger partial charge on any atom is 0.335 e. The molecule has 44 atom stereocenters. The molecule has 0 aromatic heterocycles. The molecule has 145 heavy (non-hydrogen) atoms. The molecule has 818 valence electrons. The minimum atomic E-state index is -1.91. The van der Waals surface area contributed by atoms with Crippen LogP contribution in [0, 0.1) is 202 Å². The first kappa shape index (κ1) is 113. The number of fused-ring (bicyclic) bond motifs is 24. The zero-order chi connectivity index (χ0) is 106. The van der Waals surface area contributed by atoms with Gasteiger partial charge < -0.3 is 90.6 Å². The van der Waals surface area contributed by atoms with Gasteiger partial charge in [-0.05, 0) is 482 Å². The van der Waals surface area contributed by atoms with Crippen molar-refractivity contribution < 1.29 is 115 Å². The Labute approximate surface area is 866 Å². The molecule has 17 fully saturated rings. The minimum Gasteiger partial charge on any atom is -0.550 e. The molecule has 0 aromatic rings. The monoisotopic (exact) mass is 2020 g/mol. The van der Waals surface area contributed by atoms with Crippen LogP contribution in [0.1, 0.15) is 413 Å². The number of methoxy groups -OCH3 is 1. The second-order valence-corrected chi connectivity index (χ2v) is 56.2. The summed E-state index contributed by atoms with van der Waals surface area (Å²) < 4.78 is 4.74. The zero-order valence-electron chi connectivity index (χ0n) is 91.6. The Morgan fingerprint density at radius 1 is 0.510 bits per heavy atom. The smallest absolute Gasteiger partial charge is 0.335 e. The number of ether oxygens (including phenoxy) is 1. The van der Waals surface area contributed by atoms with Crippen LogP contribution < -0.4 is 15.3 Å². The van der Waals surface area contributed by atoms with Crippen LogP contribution in [0.5, 0.6) is 0 Å². The number of carboxylic acids is 5. The molecular weight excluding hydrogens is 1830 g/mol. The van der Waals surface area contributed by atoms with Gasteiger partial charge in [0.1, 0.15) is 5.97 Å². The molecule has 0 radical (unpaired) electrons. The molecule has 0 saturated heterocycles. The third kappa shape index (κ3) is 19.2. The number of aliphatic carboxylic acids is 5. The number of aliphatic hydroxyl groups is 9. The largest absolute Gasteiger partial charge is 0.550 e. The number of esters is 1. The first-order chi connectivity index (χ1) is 67.9. The molecule has 12 unspecified atom stereocenters. The summed E-state index contributed by atoms with van der Waals surface area (Å²) in [6.45, 7) is 34.8. The van der Waals surface area contributed by atoms with Crippen LogP contribution in [0.4, 0.5) is 0 Å². The molecule has 20 rings (SSSR count). The predicted octanol–water partition coefficient (Wildman–Crippen LogP) is 17.4. The third-order valence-corrected chi connectivity index (χ3v) is 50.1. The lowest BCUT2D eigenvalue weighted by Crippen LogP contribution is -2.61. The van der Waals surface area contributed by atoms with E-state index in [4.69, 9.17) is 4.74 Å². The van der Waals surface area contributed by atoms with Crippen LogP contribution in [0.3, 0.4) is 0 Å². The Hall–Kier alpha value is -4.98. The molecule has 17 saturated carbocycles. The summed E-state index contributed by atoms with van der Waals surface area (Å²) in [4.78, 5) is 95.6. The highest BCUT2D eigenvalue weighted by molar-refractivity contribution is 6.32. The molecule has 0 aliphatic heterocycles. The van der Waals surface area contributed by atoms with Crippen molar-refractivity contribution in [3.05, 3.63) is 34.4 Å². The summed E-state index contributed by atoms with van der Waals surface area (Å²) in [5.41, 5.74) is 1.01. The Kier molecular flexibility index (Phi) is 32.4. The van der Waals surface area contributed by atoms with Gasteiger partial charge in [-0.15, -0.1) is 0 Å². The van der Waals surface area contributed by atoms with Crippen LogP contribution in [-0.4, -0.2) is 165 Å². The van der Waals surface area contributed by atoms with Crippen molar-refractivity contribution in [2.45, 2.75) is 466 Å². The highest BCUT2D eigenvalue weighted by Crippen LogP contribution is 2.76. The number of rotatable bonds is 19. The van der Waals surface area contributed by atoms with Gasteiger partial charge in [0.25, 0.3) is 0 Å². The van der Waals surface area contributed by atoms with Crippen LogP contribution >= 0.6 is 0 Å². The molecule has 0 heterocycles. The third-order valence-electron chi connectivity index (χ3n) is 50.1. The van der Waals surface area contributed by atoms with Gasteiger partial charge in [0, 0.05) is 41.0 Å². The Morgan fingerprint density at radius 3 is 1.70 bits per heavy atom. The number of allylic oxidation sites excluding steroid dienone is 5. The molecular formula is C122H189O23-3. The lowest BCUT2D eigenvalue weighted by molar-refractivity contribution is -0.331.